The van der Waals surface area contributed by atoms with Crippen molar-refractivity contribution < 1.29 is 14.3 Å². The van der Waals surface area contributed by atoms with Crippen molar-refractivity contribution in [2.75, 3.05) is 13.2 Å². The number of unbranched alkanes of at least 4 members (excludes halogenated alkanes) is 1. The first kappa shape index (κ1) is 9.97. The van der Waals surface area contributed by atoms with Crippen LogP contribution in [0.4, 0.5) is 0 Å². The molecule has 0 amide bonds. The van der Waals surface area contributed by atoms with Gasteiger partial charge in [-0.05, 0) is 25.7 Å². The lowest BCUT2D eigenvalue weighted by atomic mass is 10.2. The van der Waals surface area contributed by atoms with E-state index in [2.05, 4.69) is 6.92 Å². The smallest absolute Gasteiger partial charge is 0.311 e. The van der Waals surface area contributed by atoms with Crippen molar-refractivity contribution >= 4 is 5.97 Å². The van der Waals surface area contributed by atoms with Crippen molar-refractivity contribution in [3.05, 3.63) is 0 Å². The molecule has 2 rings (SSSR count). The molecular weight excluding hydrogens is 180 g/mol. The highest BCUT2D eigenvalue weighted by Crippen LogP contribution is 2.53. The van der Waals surface area contributed by atoms with Crippen molar-refractivity contribution in [3.63, 3.8) is 0 Å². The van der Waals surface area contributed by atoms with Gasteiger partial charge in [0.15, 0.2) is 0 Å². The van der Waals surface area contributed by atoms with E-state index in [-0.39, 0.29) is 17.5 Å². The van der Waals surface area contributed by atoms with Crippen LogP contribution in [0.1, 0.15) is 39.0 Å². The summed E-state index contributed by atoms with van der Waals surface area (Å²) in [6, 6.07) is 0. The molecule has 2 unspecified atom stereocenters. The summed E-state index contributed by atoms with van der Waals surface area (Å²) in [5.74, 6) is 0.00204. The van der Waals surface area contributed by atoms with E-state index in [4.69, 9.17) is 9.47 Å². The molecule has 2 aliphatic rings. The van der Waals surface area contributed by atoms with Crippen LogP contribution in [0.2, 0.25) is 0 Å². The maximum Gasteiger partial charge on any atom is 0.311 e. The largest absolute Gasteiger partial charge is 0.465 e. The lowest BCUT2D eigenvalue weighted by molar-refractivity contribution is -0.147. The molecule has 1 aliphatic carbocycles. The van der Waals surface area contributed by atoms with Crippen LogP contribution in [-0.4, -0.2) is 24.8 Å². The Hall–Kier alpha value is -0.570. The summed E-state index contributed by atoms with van der Waals surface area (Å²) in [5, 5.41) is 0. The Balaban J connectivity index is 1.72. The van der Waals surface area contributed by atoms with E-state index in [0.717, 1.165) is 38.7 Å². The minimum Gasteiger partial charge on any atom is -0.465 e. The molecular formula is C11H18O3. The molecule has 2 fully saturated rings. The maximum atomic E-state index is 11.5. The molecule has 3 nitrogen and oxygen atoms in total. The summed E-state index contributed by atoms with van der Waals surface area (Å²) in [6.45, 7) is 3.48. The first-order chi connectivity index (χ1) is 6.78. The van der Waals surface area contributed by atoms with Gasteiger partial charge < -0.3 is 9.47 Å². The second-order valence-electron chi connectivity index (χ2n) is 4.29. The van der Waals surface area contributed by atoms with Gasteiger partial charge in [0, 0.05) is 6.61 Å². The van der Waals surface area contributed by atoms with Crippen molar-refractivity contribution in [3.8, 4) is 0 Å². The third-order valence-electron chi connectivity index (χ3n) is 3.19. The minimum atomic E-state index is -0.0940. The third kappa shape index (κ3) is 1.78. The van der Waals surface area contributed by atoms with Crippen LogP contribution >= 0.6 is 0 Å². The predicted molar refractivity (Wildman–Crippen MR) is 51.9 cm³/mol. The average Bonchev–Trinajstić information content (AvgIpc) is 2.65. The molecule has 0 radical (unpaired) electrons. The van der Waals surface area contributed by atoms with Crippen molar-refractivity contribution in [1.82, 2.24) is 0 Å². The van der Waals surface area contributed by atoms with E-state index in [1.54, 1.807) is 0 Å². The van der Waals surface area contributed by atoms with Crippen molar-refractivity contribution in [2.24, 2.45) is 5.92 Å². The second-order valence-corrected chi connectivity index (χ2v) is 4.29. The van der Waals surface area contributed by atoms with E-state index in [0.29, 0.717) is 6.61 Å². The molecule has 80 valence electrons. The van der Waals surface area contributed by atoms with Crippen LogP contribution in [0.15, 0.2) is 0 Å². The standard InChI is InChI=1S/C11H18O3/c1-2-3-6-13-10(12)9-8-11(9)5-4-7-14-11/h9H,2-8H2,1H3. The van der Waals surface area contributed by atoms with E-state index < -0.39 is 0 Å². The van der Waals surface area contributed by atoms with Crippen LogP contribution < -0.4 is 0 Å². The Morgan fingerprint density at radius 3 is 3.14 bits per heavy atom. The molecule has 1 spiro atoms. The Morgan fingerprint density at radius 2 is 2.50 bits per heavy atom. The highest BCUT2D eigenvalue weighted by Gasteiger charge is 2.61. The molecule has 1 aliphatic heterocycles. The molecule has 0 aromatic carbocycles. The predicted octanol–water partition coefficient (Wildman–Crippen LogP) is 1.90. The highest BCUT2D eigenvalue weighted by molar-refractivity contribution is 5.77. The van der Waals surface area contributed by atoms with Crippen LogP contribution in [0.25, 0.3) is 0 Å². The number of ether oxygens (including phenoxy) is 2. The fourth-order valence-electron chi connectivity index (χ4n) is 2.16. The van der Waals surface area contributed by atoms with Gasteiger partial charge in [-0.3, -0.25) is 4.79 Å². The Labute approximate surface area is 84.8 Å². The maximum absolute atomic E-state index is 11.5. The lowest BCUT2D eigenvalue weighted by Gasteiger charge is -2.08. The number of esters is 1. The normalized spacial score (nSPS) is 34.8. The van der Waals surface area contributed by atoms with Crippen molar-refractivity contribution in [2.45, 2.75) is 44.6 Å². The molecule has 0 aromatic rings. The van der Waals surface area contributed by atoms with E-state index in [1.165, 1.54) is 0 Å². The van der Waals surface area contributed by atoms with Gasteiger partial charge in [0.05, 0.1) is 18.1 Å². The Morgan fingerprint density at radius 1 is 1.64 bits per heavy atom. The molecule has 14 heavy (non-hydrogen) atoms. The molecule has 1 heterocycles. The van der Waals surface area contributed by atoms with Gasteiger partial charge in [-0.2, -0.15) is 0 Å². The zero-order valence-electron chi connectivity index (χ0n) is 8.75. The SMILES string of the molecule is CCCCOC(=O)C1CC12CCCO2. The van der Waals surface area contributed by atoms with Crippen molar-refractivity contribution in [1.29, 1.82) is 0 Å². The van der Waals surface area contributed by atoms with Gasteiger partial charge in [0.1, 0.15) is 0 Å². The fourth-order valence-corrected chi connectivity index (χ4v) is 2.16. The lowest BCUT2D eigenvalue weighted by Crippen LogP contribution is -2.18. The zero-order valence-corrected chi connectivity index (χ0v) is 8.75. The number of rotatable bonds is 4. The van der Waals surface area contributed by atoms with Gasteiger partial charge in [0.2, 0.25) is 0 Å². The van der Waals surface area contributed by atoms with E-state index in [9.17, 15) is 4.79 Å². The highest BCUT2D eigenvalue weighted by atomic mass is 16.5. The molecule has 0 N–H and O–H groups in total. The third-order valence-corrected chi connectivity index (χ3v) is 3.19. The molecule has 0 aromatic heterocycles. The quantitative estimate of drug-likeness (QED) is 0.511. The van der Waals surface area contributed by atoms with Gasteiger partial charge in [-0.25, -0.2) is 0 Å². The van der Waals surface area contributed by atoms with Crippen LogP contribution in [-0.2, 0) is 14.3 Å². The average molecular weight is 198 g/mol. The zero-order chi connectivity index (χ0) is 10.0. The summed E-state index contributed by atoms with van der Waals surface area (Å²) in [5.41, 5.74) is -0.0940. The first-order valence-corrected chi connectivity index (χ1v) is 5.59. The van der Waals surface area contributed by atoms with E-state index >= 15 is 0 Å². The van der Waals surface area contributed by atoms with Gasteiger partial charge in [0.25, 0.3) is 0 Å². The molecule has 0 bridgehead atoms. The molecule has 1 saturated carbocycles. The number of hydrogen-bond acceptors (Lipinski definition) is 3. The van der Waals surface area contributed by atoms with Crippen LogP contribution in [0, 0.1) is 5.92 Å². The van der Waals surface area contributed by atoms with Gasteiger partial charge in [-0.1, -0.05) is 13.3 Å². The molecule has 1 saturated heterocycles. The summed E-state index contributed by atoms with van der Waals surface area (Å²) in [4.78, 5) is 11.5. The number of carbonyl (C=O) groups is 1. The van der Waals surface area contributed by atoms with Gasteiger partial charge in [-0.15, -0.1) is 0 Å². The molecule has 3 heteroatoms. The summed E-state index contributed by atoms with van der Waals surface area (Å²) >= 11 is 0. The number of hydrogen-bond donors (Lipinski definition) is 0. The minimum absolute atomic E-state index is 0.0413. The Kier molecular flexibility index (Phi) is 2.77. The summed E-state index contributed by atoms with van der Waals surface area (Å²) in [6.07, 6.45) is 5.06. The van der Waals surface area contributed by atoms with Crippen LogP contribution in [0.5, 0.6) is 0 Å². The second kappa shape index (κ2) is 3.89. The Bertz CT molecular complexity index is 219. The first-order valence-electron chi connectivity index (χ1n) is 5.59. The fraction of sp³-hybridized carbons (Fsp3) is 0.909. The van der Waals surface area contributed by atoms with Crippen LogP contribution in [0.3, 0.4) is 0 Å². The molecule has 2 atom stereocenters. The van der Waals surface area contributed by atoms with Gasteiger partial charge >= 0.3 is 5.97 Å². The summed E-state index contributed by atoms with van der Waals surface area (Å²) in [7, 11) is 0. The summed E-state index contributed by atoms with van der Waals surface area (Å²) < 4.78 is 10.8. The van der Waals surface area contributed by atoms with E-state index in [1.807, 2.05) is 0 Å². The number of carbonyl (C=O) groups excluding carboxylic acids is 1. The topological polar surface area (TPSA) is 35.5 Å². The monoisotopic (exact) mass is 198 g/mol.